The fourth-order valence-electron chi connectivity index (χ4n) is 2.04. The van der Waals surface area contributed by atoms with Crippen molar-refractivity contribution in [2.24, 2.45) is 0 Å². The minimum atomic E-state index is -0.174. The van der Waals surface area contributed by atoms with Crippen molar-refractivity contribution in [2.75, 3.05) is 19.0 Å². The second-order valence-electron chi connectivity index (χ2n) is 4.62. The molecule has 2 aromatic carbocycles. The van der Waals surface area contributed by atoms with Gasteiger partial charge >= 0.3 is 0 Å². The number of ether oxygens (including phenoxy) is 2. The van der Waals surface area contributed by atoms with Crippen molar-refractivity contribution < 1.29 is 14.3 Å². The first-order chi connectivity index (χ1) is 10.7. The van der Waals surface area contributed by atoms with Gasteiger partial charge in [-0.1, -0.05) is 12.1 Å². The molecule has 0 aliphatic rings. The molecule has 0 radical (unpaired) electrons. The van der Waals surface area contributed by atoms with Gasteiger partial charge in [0.25, 0.3) is 5.91 Å². The van der Waals surface area contributed by atoms with Crippen LogP contribution in [0.2, 0.25) is 0 Å². The van der Waals surface area contributed by atoms with Gasteiger partial charge < -0.3 is 14.8 Å². The van der Waals surface area contributed by atoms with Gasteiger partial charge in [-0.3, -0.25) is 4.79 Å². The molecular formula is C17H18BrNO3. The Kier molecular flexibility index (Phi) is 5.98. The summed E-state index contributed by atoms with van der Waals surface area (Å²) in [5, 5.41) is 2.88. The second-order valence-corrected chi connectivity index (χ2v) is 5.48. The predicted molar refractivity (Wildman–Crippen MR) is 90.4 cm³/mol. The van der Waals surface area contributed by atoms with Gasteiger partial charge in [0.1, 0.15) is 5.75 Å². The van der Waals surface area contributed by atoms with Crippen LogP contribution in [0.4, 0.5) is 5.69 Å². The molecule has 5 heteroatoms. The van der Waals surface area contributed by atoms with E-state index in [1.165, 1.54) is 0 Å². The summed E-state index contributed by atoms with van der Waals surface area (Å²) in [6, 6.07) is 12.8. The predicted octanol–water partition coefficient (Wildman–Crippen LogP) is 4.25. The lowest BCUT2D eigenvalue weighted by Crippen LogP contribution is -2.13. The second kappa shape index (κ2) is 7.96. The van der Waals surface area contributed by atoms with E-state index in [1.807, 2.05) is 31.2 Å². The molecule has 1 N–H and O–H groups in total. The molecule has 0 heterocycles. The minimum Gasteiger partial charge on any atom is -0.494 e. The average Bonchev–Trinajstić information content (AvgIpc) is 2.51. The smallest absolute Gasteiger partial charge is 0.255 e. The van der Waals surface area contributed by atoms with E-state index in [4.69, 9.17) is 9.47 Å². The van der Waals surface area contributed by atoms with E-state index in [0.717, 1.165) is 21.5 Å². The highest BCUT2D eigenvalue weighted by atomic mass is 79.9. The summed E-state index contributed by atoms with van der Waals surface area (Å²) >= 11 is 3.41. The van der Waals surface area contributed by atoms with E-state index in [0.29, 0.717) is 18.8 Å². The van der Waals surface area contributed by atoms with Crippen molar-refractivity contribution in [2.45, 2.75) is 13.5 Å². The zero-order chi connectivity index (χ0) is 15.9. The first kappa shape index (κ1) is 16.5. The van der Waals surface area contributed by atoms with Crippen LogP contribution in [0.3, 0.4) is 0 Å². The van der Waals surface area contributed by atoms with Gasteiger partial charge in [0, 0.05) is 22.7 Å². The zero-order valence-corrected chi connectivity index (χ0v) is 14.1. The number of nitrogens with one attached hydrogen (secondary N) is 1. The average molecular weight is 364 g/mol. The quantitative estimate of drug-likeness (QED) is 0.834. The van der Waals surface area contributed by atoms with Crippen molar-refractivity contribution >= 4 is 27.5 Å². The van der Waals surface area contributed by atoms with Crippen molar-refractivity contribution in [1.29, 1.82) is 0 Å². The van der Waals surface area contributed by atoms with E-state index < -0.39 is 0 Å². The Hall–Kier alpha value is -1.85. The summed E-state index contributed by atoms with van der Waals surface area (Å²) in [5.41, 5.74) is 2.14. The molecular weight excluding hydrogens is 346 g/mol. The lowest BCUT2D eigenvalue weighted by Gasteiger charge is -2.12. The zero-order valence-electron chi connectivity index (χ0n) is 12.6. The van der Waals surface area contributed by atoms with Crippen LogP contribution in [0, 0.1) is 0 Å². The maximum absolute atomic E-state index is 12.4. The van der Waals surface area contributed by atoms with Gasteiger partial charge in [-0.05, 0) is 53.2 Å². The van der Waals surface area contributed by atoms with Crippen LogP contribution in [-0.4, -0.2) is 19.6 Å². The van der Waals surface area contributed by atoms with Crippen LogP contribution < -0.4 is 10.1 Å². The molecule has 0 aliphatic carbocycles. The number of halogens is 1. The molecule has 0 unspecified atom stereocenters. The van der Waals surface area contributed by atoms with E-state index in [1.54, 1.807) is 25.3 Å². The fraction of sp³-hybridized carbons (Fsp3) is 0.235. The van der Waals surface area contributed by atoms with Crippen LogP contribution in [-0.2, 0) is 11.3 Å². The maximum Gasteiger partial charge on any atom is 0.255 e. The van der Waals surface area contributed by atoms with Gasteiger partial charge in [-0.15, -0.1) is 0 Å². The van der Waals surface area contributed by atoms with Crippen molar-refractivity contribution in [3.05, 3.63) is 58.1 Å². The topological polar surface area (TPSA) is 47.6 Å². The molecule has 22 heavy (non-hydrogen) atoms. The Morgan fingerprint density at radius 3 is 2.68 bits per heavy atom. The van der Waals surface area contributed by atoms with E-state index >= 15 is 0 Å². The molecule has 0 fully saturated rings. The molecule has 0 aliphatic heterocycles. The number of benzene rings is 2. The minimum absolute atomic E-state index is 0.174. The number of carbonyl (C=O) groups excluding carboxylic acids is 1. The van der Waals surface area contributed by atoms with Crippen LogP contribution in [0.5, 0.6) is 5.75 Å². The third-order valence-corrected chi connectivity index (χ3v) is 3.74. The Labute approximate surface area is 138 Å². The first-order valence-electron chi connectivity index (χ1n) is 6.96. The highest BCUT2D eigenvalue weighted by Gasteiger charge is 2.12. The van der Waals surface area contributed by atoms with Gasteiger partial charge in [-0.2, -0.15) is 0 Å². The van der Waals surface area contributed by atoms with Gasteiger partial charge in [0.15, 0.2) is 0 Å². The molecule has 116 valence electrons. The lowest BCUT2D eigenvalue weighted by atomic mass is 10.1. The van der Waals surface area contributed by atoms with Crippen LogP contribution in [0.25, 0.3) is 0 Å². The molecule has 0 spiro atoms. The number of amides is 1. The number of carbonyl (C=O) groups is 1. The molecule has 4 nitrogen and oxygen atoms in total. The van der Waals surface area contributed by atoms with Crippen molar-refractivity contribution in [1.82, 2.24) is 0 Å². The largest absolute Gasteiger partial charge is 0.494 e. The molecule has 0 aromatic heterocycles. The number of para-hydroxylation sites is 1. The van der Waals surface area contributed by atoms with Crippen LogP contribution in [0.1, 0.15) is 22.8 Å². The Bertz CT molecular complexity index is 658. The monoisotopic (exact) mass is 363 g/mol. The highest BCUT2D eigenvalue weighted by Crippen LogP contribution is 2.24. The van der Waals surface area contributed by atoms with Gasteiger partial charge in [0.2, 0.25) is 0 Å². The third kappa shape index (κ3) is 4.08. The van der Waals surface area contributed by atoms with E-state index in [-0.39, 0.29) is 5.91 Å². The van der Waals surface area contributed by atoms with Crippen molar-refractivity contribution in [3.8, 4) is 5.75 Å². The summed E-state index contributed by atoms with van der Waals surface area (Å²) in [4.78, 5) is 12.4. The van der Waals surface area contributed by atoms with Gasteiger partial charge in [0.05, 0.1) is 18.9 Å². The molecule has 1 amide bonds. The maximum atomic E-state index is 12.4. The third-order valence-electron chi connectivity index (χ3n) is 3.04. The lowest BCUT2D eigenvalue weighted by molar-refractivity contribution is 0.102. The molecule has 0 saturated carbocycles. The summed E-state index contributed by atoms with van der Waals surface area (Å²) in [7, 11) is 1.61. The normalized spacial score (nSPS) is 10.3. The van der Waals surface area contributed by atoms with E-state index in [2.05, 4.69) is 21.2 Å². The number of hydrogen-bond donors (Lipinski definition) is 1. The standard InChI is InChI=1S/C17H18BrNO3/c1-3-22-16-9-8-12(10-13(16)11-21-2)17(20)19-15-7-5-4-6-14(15)18/h4-10H,3,11H2,1-2H3,(H,19,20). The van der Waals surface area contributed by atoms with Gasteiger partial charge in [-0.25, -0.2) is 0 Å². The SMILES string of the molecule is CCOc1ccc(C(=O)Nc2ccccc2Br)cc1COC. The number of anilines is 1. The first-order valence-corrected chi connectivity index (χ1v) is 7.75. The van der Waals surface area contributed by atoms with Crippen molar-refractivity contribution in [3.63, 3.8) is 0 Å². The Morgan fingerprint density at radius 2 is 2.00 bits per heavy atom. The molecule has 2 rings (SSSR count). The van der Waals surface area contributed by atoms with E-state index in [9.17, 15) is 4.79 Å². The highest BCUT2D eigenvalue weighted by molar-refractivity contribution is 9.10. The number of methoxy groups -OCH3 is 1. The van der Waals surface area contributed by atoms with Crippen LogP contribution >= 0.6 is 15.9 Å². The Morgan fingerprint density at radius 1 is 1.23 bits per heavy atom. The summed E-state index contributed by atoms with van der Waals surface area (Å²) in [6.07, 6.45) is 0. The molecule has 0 atom stereocenters. The molecule has 2 aromatic rings. The summed E-state index contributed by atoms with van der Waals surface area (Å²) in [6.45, 7) is 2.88. The summed E-state index contributed by atoms with van der Waals surface area (Å²) in [5.74, 6) is 0.564. The Balaban J connectivity index is 2.22. The number of rotatable bonds is 6. The summed E-state index contributed by atoms with van der Waals surface area (Å²) < 4.78 is 11.5. The molecule has 0 bridgehead atoms. The fourth-order valence-corrected chi connectivity index (χ4v) is 2.43. The van der Waals surface area contributed by atoms with Crippen LogP contribution in [0.15, 0.2) is 46.9 Å². The molecule has 0 saturated heterocycles. The number of hydrogen-bond acceptors (Lipinski definition) is 3.